The number of oxime groups is 1. The second-order valence-electron chi connectivity index (χ2n) is 12.0. The van der Waals surface area contributed by atoms with E-state index in [9.17, 15) is 9.59 Å². The van der Waals surface area contributed by atoms with Crippen molar-refractivity contribution in [3.63, 3.8) is 0 Å². The van der Waals surface area contributed by atoms with E-state index < -0.39 is 6.09 Å². The standard InChI is InChI=1S/C27H43N3O4/c1-16(2)28-24(31)33-19-11-13-26(5)18(15-19)7-8-20-21-9-10-23(27(21,6)14-12-22(20)26)30-34-25(32)29-17(3)4/h7,16-17,19-22H,8-15H2,1-6H3,(H,28,31)(H,29,32)/b30-23-/t19-,20+,21+,22+,26+,27+/m1/s1. The van der Waals surface area contributed by atoms with E-state index in [0.717, 1.165) is 50.7 Å². The third-order valence-corrected chi connectivity index (χ3v) is 9.13. The Bertz CT molecular complexity index is 866. The average molecular weight is 474 g/mol. The van der Waals surface area contributed by atoms with Crippen molar-refractivity contribution in [2.45, 2.75) is 111 Å². The molecule has 7 nitrogen and oxygen atoms in total. The van der Waals surface area contributed by atoms with Crippen molar-refractivity contribution in [2.75, 3.05) is 0 Å². The van der Waals surface area contributed by atoms with E-state index in [4.69, 9.17) is 9.57 Å². The molecule has 4 aliphatic rings. The van der Waals surface area contributed by atoms with Crippen LogP contribution in [0.1, 0.15) is 92.9 Å². The number of fused-ring (bicyclic) bond motifs is 5. The van der Waals surface area contributed by atoms with Gasteiger partial charge in [0.15, 0.2) is 0 Å². The Labute approximate surface area is 204 Å². The lowest BCUT2D eigenvalue weighted by molar-refractivity contribution is -0.0241. The lowest BCUT2D eigenvalue weighted by Gasteiger charge is -2.57. The highest BCUT2D eigenvalue weighted by Gasteiger charge is 2.58. The SMILES string of the molecule is CC(C)NC(=O)O/N=C1/CC[C@H]2[C@@H]3CC=C4C[C@H](OC(=O)NC(C)C)CC[C@]4(C)[C@H]3CC[C@]12C. The highest BCUT2D eigenvalue weighted by molar-refractivity contribution is 5.92. The summed E-state index contributed by atoms with van der Waals surface area (Å²) in [5, 5.41) is 9.96. The molecule has 190 valence electrons. The lowest BCUT2D eigenvalue weighted by atomic mass is 9.48. The summed E-state index contributed by atoms with van der Waals surface area (Å²) < 4.78 is 5.75. The third-order valence-electron chi connectivity index (χ3n) is 9.13. The second-order valence-corrected chi connectivity index (χ2v) is 12.0. The van der Waals surface area contributed by atoms with Gasteiger partial charge >= 0.3 is 12.2 Å². The van der Waals surface area contributed by atoms with E-state index >= 15 is 0 Å². The quantitative estimate of drug-likeness (QED) is 0.300. The number of alkyl carbamates (subject to hydrolysis) is 1. The van der Waals surface area contributed by atoms with Crippen LogP contribution >= 0.6 is 0 Å². The monoisotopic (exact) mass is 473 g/mol. The zero-order valence-electron chi connectivity index (χ0n) is 21.8. The Balaban J connectivity index is 1.45. The molecule has 0 saturated heterocycles. The molecule has 6 atom stereocenters. The minimum Gasteiger partial charge on any atom is -0.446 e. The van der Waals surface area contributed by atoms with Crippen molar-refractivity contribution in [1.82, 2.24) is 10.6 Å². The van der Waals surface area contributed by atoms with E-state index in [-0.39, 0.29) is 35.1 Å². The summed E-state index contributed by atoms with van der Waals surface area (Å²) in [5.74, 6) is 1.86. The molecule has 0 unspecified atom stereocenters. The van der Waals surface area contributed by atoms with Gasteiger partial charge in [0.25, 0.3) is 0 Å². The van der Waals surface area contributed by atoms with Gasteiger partial charge in [0.1, 0.15) is 6.10 Å². The highest BCUT2D eigenvalue weighted by atomic mass is 16.7. The molecule has 0 aromatic rings. The summed E-state index contributed by atoms with van der Waals surface area (Å²) in [7, 11) is 0. The fourth-order valence-corrected chi connectivity index (χ4v) is 7.45. The summed E-state index contributed by atoms with van der Waals surface area (Å²) in [4.78, 5) is 29.3. The van der Waals surface area contributed by atoms with Gasteiger partial charge in [-0.1, -0.05) is 30.7 Å². The normalized spacial score (nSPS) is 38.0. The molecule has 0 aromatic carbocycles. The molecule has 7 heteroatoms. The predicted octanol–water partition coefficient (Wildman–Crippen LogP) is 5.94. The summed E-state index contributed by atoms with van der Waals surface area (Å²) in [5.41, 5.74) is 2.75. The van der Waals surface area contributed by atoms with Crippen molar-refractivity contribution in [1.29, 1.82) is 0 Å². The number of hydrogen-bond acceptors (Lipinski definition) is 5. The molecule has 2 amide bonds. The number of allylic oxidation sites excluding steroid dienone is 1. The smallest absolute Gasteiger partial charge is 0.433 e. The van der Waals surface area contributed by atoms with Gasteiger partial charge < -0.3 is 15.4 Å². The van der Waals surface area contributed by atoms with Gasteiger partial charge in [-0.2, -0.15) is 0 Å². The Morgan fingerprint density at radius 3 is 2.32 bits per heavy atom. The fourth-order valence-electron chi connectivity index (χ4n) is 7.45. The minimum absolute atomic E-state index is 0.0101. The van der Waals surface area contributed by atoms with Gasteiger partial charge in [0, 0.05) is 23.9 Å². The number of nitrogens with zero attached hydrogens (tertiary/aromatic N) is 1. The van der Waals surface area contributed by atoms with Crippen LogP contribution in [0.5, 0.6) is 0 Å². The maximum absolute atomic E-state index is 12.1. The maximum Gasteiger partial charge on any atom is 0.433 e. The Morgan fingerprint density at radius 1 is 0.971 bits per heavy atom. The number of carbonyl (C=O) groups is 2. The first-order chi connectivity index (χ1) is 16.0. The van der Waals surface area contributed by atoms with Gasteiger partial charge in [0.05, 0.1) is 5.71 Å². The maximum atomic E-state index is 12.1. The first-order valence-corrected chi connectivity index (χ1v) is 13.2. The number of nitrogens with one attached hydrogen (secondary N) is 2. The van der Waals surface area contributed by atoms with Gasteiger partial charge in [-0.05, 0) is 95.8 Å². The third kappa shape index (κ3) is 4.72. The van der Waals surface area contributed by atoms with Crippen molar-refractivity contribution in [3.05, 3.63) is 11.6 Å². The summed E-state index contributed by atoms with van der Waals surface area (Å²) >= 11 is 0. The molecule has 0 bridgehead atoms. The number of hydrogen-bond donors (Lipinski definition) is 2. The molecule has 4 rings (SSSR count). The summed E-state index contributed by atoms with van der Waals surface area (Å²) in [6.07, 6.45) is 9.90. The number of rotatable bonds is 4. The van der Waals surface area contributed by atoms with Crippen LogP contribution in [0.25, 0.3) is 0 Å². The molecule has 4 aliphatic carbocycles. The Hall–Kier alpha value is -2.05. The summed E-state index contributed by atoms with van der Waals surface area (Å²) in [6.45, 7) is 12.5. The average Bonchev–Trinajstić information content (AvgIpc) is 3.07. The van der Waals surface area contributed by atoms with E-state index in [1.165, 1.54) is 12.0 Å². The van der Waals surface area contributed by atoms with Crippen LogP contribution in [-0.2, 0) is 9.57 Å². The van der Waals surface area contributed by atoms with E-state index in [0.29, 0.717) is 17.8 Å². The first-order valence-electron chi connectivity index (χ1n) is 13.2. The number of amides is 2. The van der Waals surface area contributed by atoms with Gasteiger partial charge in [-0.25, -0.2) is 9.59 Å². The molecule has 34 heavy (non-hydrogen) atoms. The molecule has 2 N–H and O–H groups in total. The molecule has 3 fully saturated rings. The van der Waals surface area contributed by atoms with Crippen molar-refractivity contribution in [3.8, 4) is 0 Å². The molecule has 0 aromatic heterocycles. The first kappa shape index (κ1) is 25.1. The van der Waals surface area contributed by atoms with Crippen LogP contribution in [0, 0.1) is 28.6 Å². The molecular formula is C27H43N3O4. The van der Waals surface area contributed by atoms with Crippen LogP contribution in [0.15, 0.2) is 16.8 Å². The Morgan fingerprint density at radius 2 is 1.62 bits per heavy atom. The Kier molecular flexibility index (Phi) is 7.03. The molecule has 0 radical (unpaired) electrons. The zero-order valence-corrected chi connectivity index (χ0v) is 21.8. The highest BCUT2D eigenvalue weighted by Crippen LogP contribution is 2.64. The zero-order chi connectivity index (χ0) is 24.7. The topological polar surface area (TPSA) is 89.0 Å². The minimum atomic E-state index is -0.470. The van der Waals surface area contributed by atoms with Gasteiger partial charge in [-0.15, -0.1) is 0 Å². The predicted molar refractivity (Wildman–Crippen MR) is 132 cm³/mol. The molecule has 0 spiro atoms. The van der Waals surface area contributed by atoms with Crippen molar-refractivity contribution >= 4 is 17.9 Å². The second kappa shape index (κ2) is 9.54. The van der Waals surface area contributed by atoms with Crippen LogP contribution in [-0.4, -0.2) is 36.1 Å². The molecule has 0 heterocycles. The van der Waals surface area contributed by atoms with Crippen molar-refractivity contribution < 1.29 is 19.2 Å². The molecular weight excluding hydrogens is 430 g/mol. The van der Waals surface area contributed by atoms with Gasteiger partial charge in [0.2, 0.25) is 0 Å². The largest absolute Gasteiger partial charge is 0.446 e. The lowest BCUT2D eigenvalue weighted by Crippen LogP contribution is -2.51. The molecule has 3 saturated carbocycles. The number of ether oxygens (including phenoxy) is 1. The van der Waals surface area contributed by atoms with E-state index in [1.807, 2.05) is 27.7 Å². The van der Waals surface area contributed by atoms with Crippen LogP contribution in [0.4, 0.5) is 9.59 Å². The van der Waals surface area contributed by atoms with Crippen LogP contribution in [0.2, 0.25) is 0 Å². The van der Waals surface area contributed by atoms with Gasteiger partial charge in [-0.3, -0.25) is 4.84 Å². The fraction of sp³-hybridized carbons (Fsp3) is 0.815. The van der Waals surface area contributed by atoms with E-state index in [2.05, 4.69) is 35.7 Å². The summed E-state index contributed by atoms with van der Waals surface area (Å²) in [6, 6.07) is 0.117. The van der Waals surface area contributed by atoms with E-state index in [1.54, 1.807) is 0 Å². The number of carbonyl (C=O) groups excluding carboxylic acids is 2. The van der Waals surface area contributed by atoms with Crippen LogP contribution in [0.3, 0.4) is 0 Å². The van der Waals surface area contributed by atoms with Crippen LogP contribution < -0.4 is 10.6 Å². The molecule has 0 aliphatic heterocycles. The van der Waals surface area contributed by atoms with Crippen molar-refractivity contribution in [2.24, 2.45) is 33.7 Å².